The fourth-order valence-corrected chi connectivity index (χ4v) is 4.95. The van der Waals surface area contributed by atoms with Crippen molar-refractivity contribution in [1.29, 1.82) is 0 Å². The van der Waals surface area contributed by atoms with Gasteiger partial charge >= 0.3 is 0 Å². The Bertz CT molecular complexity index is 1140. The molecule has 2 heterocycles. The van der Waals surface area contributed by atoms with E-state index in [4.69, 9.17) is 21.4 Å². The van der Waals surface area contributed by atoms with Crippen LogP contribution in [0.4, 0.5) is 5.82 Å². The number of rotatable bonds is 10. The number of nitrogens with zero attached hydrogens (tertiary/aromatic N) is 5. The molecule has 0 aliphatic carbocycles. The number of halogens is 1. The van der Waals surface area contributed by atoms with Gasteiger partial charge in [-0.05, 0) is 44.2 Å². The number of benzene rings is 2. The number of hydrogen-bond donors (Lipinski definition) is 0. The molecule has 192 valence electrons. The van der Waals surface area contributed by atoms with Gasteiger partial charge in [-0.3, -0.25) is 4.79 Å². The molecule has 7 nitrogen and oxygen atoms in total. The second kappa shape index (κ2) is 12.4. The maximum Gasteiger partial charge on any atom is 0.255 e. The average molecular weight is 510 g/mol. The molecule has 0 bridgehead atoms. The average Bonchev–Trinajstić information content (AvgIpc) is 3.24. The van der Waals surface area contributed by atoms with Crippen LogP contribution in [0, 0.1) is 6.92 Å². The van der Waals surface area contributed by atoms with Crippen molar-refractivity contribution in [1.82, 2.24) is 19.6 Å². The first kappa shape index (κ1) is 26.2. The number of piperazine rings is 1. The molecule has 1 aliphatic heterocycles. The Kier molecular flexibility index (Phi) is 9.02. The van der Waals surface area contributed by atoms with Gasteiger partial charge < -0.3 is 19.4 Å². The van der Waals surface area contributed by atoms with E-state index < -0.39 is 0 Å². The van der Waals surface area contributed by atoms with Crippen molar-refractivity contribution in [3.63, 3.8) is 0 Å². The van der Waals surface area contributed by atoms with Gasteiger partial charge in [0.2, 0.25) is 0 Å². The summed E-state index contributed by atoms with van der Waals surface area (Å²) in [6.45, 7) is 10.7. The standard InChI is InChI=1S/C28H36ClN5O2/c1-4-31-16-18-32(19-17-31)27-25(22(2)30-34(27)23-11-6-5-7-12-23)21-33(15-10-20-36-3)28(35)24-13-8-9-14-26(24)29/h5-9,11-14H,4,10,15-21H2,1-3H3. The van der Waals surface area contributed by atoms with Crippen molar-refractivity contribution in [2.45, 2.75) is 26.8 Å². The van der Waals surface area contributed by atoms with E-state index in [0.29, 0.717) is 30.3 Å². The van der Waals surface area contributed by atoms with Crippen LogP contribution in [0.25, 0.3) is 5.69 Å². The summed E-state index contributed by atoms with van der Waals surface area (Å²) in [7, 11) is 1.68. The van der Waals surface area contributed by atoms with Crippen molar-refractivity contribution in [3.05, 3.63) is 76.4 Å². The maximum atomic E-state index is 13.7. The van der Waals surface area contributed by atoms with Crippen molar-refractivity contribution in [2.75, 3.05) is 57.9 Å². The fraction of sp³-hybridized carbons (Fsp3) is 0.429. The van der Waals surface area contributed by atoms with Crippen LogP contribution < -0.4 is 4.90 Å². The van der Waals surface area contributed by atoms with E-state index in [-0.39, 0.29) is 5.91 Å². The third kappa shape index (κ3) is 5.91. The minimum Gasteiger partial charge on any atom is -0.385 e. The Morgan fingerprint density at radius 2 is 1.75 bits per heavy atom. The molecule has 1 aromatic heterocycles. The molecule has 1 amide bonds. The second-order valence-electron chi connectivity index (χ2n) is 9.11. The Hall–Kier alpha value is -2.87. The Labute approximate surface area is 219 Å². The normalized spacial score (nSPS) is 14.3. The van der Waals surface area contributed by atoms with E-state index in [2.05, 4.69) is 28.9 Å². The zero-order chi connectivity index (χ0) is 25.5. The highest BCUT2D eigenvalue weighted by Gasteiger charge is 2.28. The van der Waals surface area contributed by atoms with E-state index in [1.165, 1.54) is 0 Å². The summed E-state index contributed by atoms with van der Waals surface area (Å²) >= 11 is 6.42. The van der Waals surface area contributed by atoms with Crippen LogP contribution >= 0.6 is 11.6 Å². The molecule has 0 radical (unpaired) electrons. The number of hydrogen-bond acceptors (Lipinski definition) is 5. The number of para-hydroxylation sites is 1. The molecular weight excluding hydrogens is 474 g/mol. The van der Waals surface area contributed by atoms with Gasteiger partial charge in [-0.15, -0.1) is 0 Å². The number of aryl methyl sites for hydroxylation is 1. The molecule has 0 N–H and O–H groups in total. The molecule has 0 unspecified atom stereocenters. The molecule has 36 heavy (non-hydrogen) atoms. The van der Waals surface area contributed by atoms with E-state index in [9.17, 15) is 4.79 Å². The smallest absolute Gasteiger partial charge is 0.255 e. The number of aromatic nitrogens is 2. The molecule has 1 saturated heterocycles. The topological polar surface area (TPSA) is 53.8 Å². The molecule has 2 aromatic carbocycles. The highest BCUT2D eigenvalue weighted by atomic mass is 35.5. The Morgan fingerprint density at radius 3 is 2.42 bits per heavy atom. The summed E-state index contributed by atoms with van der Waals surface area (Å²) in [5, 5.41) is 5.43. The van der Waals surface area contributed by atoms with Gasteiger partial charge in [0.15, 0.2) is 0 Å². The summed E-state index contributed by atoms with van der Waals surface area (Å²) in [4.78, 5) is 20.4. The number of likely N-dealkylation sites (N-methyl/N-ethyl adjacent to an activating group) is 1. The van der Waals surface area contributed by atoms with Gasteiger partial charge in [0, 0.05) is 52.0 Å². The zero-order valence-corrected chi connectivity index (χ0v) is 22.2. The molecule has 0 saturated carbocycles. The van der Waals surface area contributed by atoms with Crippen molar-refractivity contribution in [3.8, 4) is 5.69 Å². The highest BCUT2D eigenvalue weighted by Crippen LogP contribution is 2.30. The molecule has 1 fully saturated rings. The maximum absolute atomic E-state index is 13.7. The predicted octanol–water partition coefficient (Wildman–Crippen LogP) is 4.65. The van der Waals surface area contributed by atoms with Crippen LogP contribution in [-0.2, 0) is 11.3 Å². The highest BCUT2D eigenvalue weighted by molar-refractivity contribution is 6.33. The van der Waals surface area contributed by atoms with Crippen molar-refractivity contribution >= 4 is 23.3 Å². The van der Waals surface area contributed by atoms with Crippen molar-refractivity contribution in [2.24, 2.45) is 0 Å². The van der Waals surface area contributed by atoms with Gasteiger partial charge in [-0.25, -0.2) is 4.68 Å². The second-order valence-corrected chi connectivity index (χ2v) is 9.52. The lowest BCUT2D eigenvalue weighted by molar-refractivity contribution is 0.0723. The molecule has 1 aliphatic rings. The summed E-state index contributed by atoms with van der Waals surface area (Å²) < 4.78 is 7.32. The minimum absolute atomic E-state index is 0.0784. The van der Waals surface area contributed by atoms with Crippen LogP contribution in [0.2, 0.25) is 5.02 Å². The monoisotopic (exact) mass is 509 g/mol. The van der Waals surface area contributed by atoms with Crippen LogP contribution in [0.5, 0.6) is 0 Å². The van der Waals surface area contributed by atoms with E-state index in [1.807, 2.05) is 46.8 Å². The lowest BCUT2D eigenvalue weighted by Gasteiger charge is -2.36. The van der Waals surface area contributed by atoms with Crippen LogP contribution in [0.1, 0.15) is 35.0 Å². The van der Waals surface area contributed by atoms with Gasteiger partial charge in [0.05, 0.1) is 28.5 Å². The molecule has 4 rings (SSSR count). The summed E-state index contributed by atoms with van der Waals surface area (Å²) in [6.07, 6.45) is 0.739. The van der Waals surface area contributed by atoms with E-state index >= 15 is 0 Å². The SMILES string of the molecule is CCN1CCN(c2c(CN(CCCOC)C(=O)c3ccccc3Cl)c(C)nn2-c2ccccc2)CC1. The van der Waals surface area contributed by atoms with Gasteiger partial charge in [-0.2, -0.15) is 5.10 Å². The minimum atomic E-state index is -0.0784. The van der Waals surface area contributed by atoms with Gasteiger partial charge in [-0.1, -0.05) is 48.9 Å². The lowest BCUT2D eigenvalue weighted by Crippen LogP contribution is -2.47. The molecule has 0 spiro atoms. The third-order valence-electron chi connectivity index (χ3n) is 6.79. The summed E-state index contributed by atoms with van der Waals surface area (Å²) in [5.41, 5.74) is 3.53. The quantitative estimate of drug-likeness (QED) is 0.372. The first-order chi connectivity index (χ1) is 17.5. The van der Waals surface area contributed by atoms with Gasteiger partial charge in [0.25, 0.3) is 5.91 Å². The number of carbonyl (C=O) groups is 1. The Morgan fingerprint density at radius 1 is 1.06 bits per heavy atom. The Balaban J connectivity index is 1.72. The molecule has 8 heteroatoms. The van der Waals surface area contributed by atoms with Gasteiger partial charge in [0.1, 0.15) is 5.82 Å². The largest absolute Gasteiger partial charge is 0.385 e. The number of amides is 1. The number of anilines is 1. The third-order valence-corrected chi connectivity index (χ3v) is 7.12. The fourth-order valence-electron chi connectivity index (χ4n) is 4.73. The molecule has 0 atom stereocenters. The van der Waals surface area contributed by atoms with E-state index in [0.717, 1.165) is 61.9 Å². The van der Waals surface area contributed by atoms with Crippen LogP contribution in [0.15, 0.2) is 54.6 Å². The van der Waals surface area contributed by atoms with Crippen LogP contribution in [0.3, 0.4) is 0 Å². The zero-order valence-electron chi connectivity index (χ0n) is 21.5. The molecule has 3 aromatic rings. The lowest BCUT2D eigenvalue weighted by atomic mass is 10.1. The first-order valence-electron chi connectivity index (χ1n) is 12.7. The van der Waals surface area contributed by atoms with Crippen LogP contribution in [-0.4, -0.2) is 78.5 Å². The molecular formula is C28H36ClN5O2. The van der Waals surface area contributed by atoms with Crippen molar-refractivity contribution < 1.29 is 9.53 Å². The summed E-state index contributed by atoms with van der Waals surface area (Å²) in [6, 6.07) is 17.5. The number of carbonyl (C=O) groups excluding carboxylic acids is 1. The number of ether oxygens (including phenoxy) is 1. The summed E-state index contributed by atoms with van der Waals surface area (Å²) in [5.74, 6) is 0.989. The van der Waals surface area contributed by atoms with E-state index in [1.54, 1.807) is 19.2 Å². The first-order valence-corrected chi connectivity index (χ1v) is 13.0. The predicted molar refractivity (Wildman–Crippen MR) is 145 cm³/mol. The number of methoxy groups -OCH3 is 1.